The van der Waals surface area contributed by atoms with E-state index < -0.39 is 0 Å². The van der Waals surface area contributed by atoms with Crippen LogP contribution in [0.5, 0.6) is 0 Å². The van der Waals surface area contributed by atoms with Crippen LogP contribution in [0, 0.1) is 11.8 Å². The summed E-state index contributed by atoms with van der Waals surface area (Å²) in [5.41, 5.74) is 5.97. The summed E-state index contributed by atoms with van der Waals surface area (Å²) in [6.07, 6.45) is 3.95. The lowest BCUT2D eigenvalue weighted by Gasteiger charge is -2.35. The lowest BCUT2D eigenvalue weighted by molar-refractivity contribution is 0.154. The molecule has 0 aromatic carbocycles. The Labute approximate surface area is 86.4 Å². The first-order chi connectivity index (χ1) is 6.74. The van der Waals surface area contributed by atoms with Gasteiger partial charge in [0, 0.05) is 24.6 Å². The summed E-state index contributed by atoms with van der Waals surface area (Å²) in [4.78, 5) is 0. The summed E-state index contributed by atoms with van der Waals surface area (Å²) in [5.74, 6) is 1.52. The first kappa shape index (κ1) is 10.4. The van der Waals surface area contributed by atoms with E-state index in [1.165, 1.54) is 12.8 Å². The molecule has 1 saturated heterocycles. The van der Waals surface area contributed by atoms with Gasteiger partial charge < -0.3 is 15.8 Å². The van der Waals surface area contributed by atoms with E-state index in [1.54, 1.807) is 0 Å². The zero-order valence-electron chi connectivity index (χ0n) is 9.09. The number of rotatable bonds is 5. The predicted octanol–water partition coefficient (Wildman–Crippen LogP) is 0.740. The van der Waals surface area contributed by atoms with E-state index in [1.807, 2.05) is 0 Å². The summed E-state index contributed by atoms with van der Waals surface area (Å²) in [6.45, 7) is 5.89. The molecule has 0 amide bonds. The number of hydrogen-bond acceptors (Lipinski definition) is 3. The maximum absolute atomic E-state index is 5.88. The van der Waals surface area contributed by atoms with Gasteiger partial charge in [0.25, 0.3) is 0 Å². The number of nitrogens with two attached hydrogens (primary N) is 1. The van der Waals surface area contributed by atoms with Gasteiger partial charge in [0.2, 0.25) is 0 Å². The van der Waals surface area contributed by atoms with Crippen LogP contribution in [0.4, 0.5) is 0 Å². The summed E-state index contributed by atoms with van der Waals surface area (Å²) in [5, 5.41) is 3.64. The zero-order valence-corrected chi connectivity index (χ0v) is 9.09. The van der Waals surface area contributed by atoms with Gasteiger partial charge in [-0.2, -0.15) is 0 Å². The molecule has 2 fully saturated rings. The molecular weight excluding hydrogens is 176 g/mol. The second-order valence-corrected chi connectivity index (χ2v) is 5.01. The zero-order chi connectivity index (χ0) is 10.0. The van der Waals surface area contributed by atoms with E-state index in [-0.39, 0.29) is 5.54 Å². The molecule has 0 radical (unpaired) electrons. The van der Waals surface area contributed by atoms with Crippen LogP contribution in [0.2, 0.25) is 0 Å². The monoisotopic (exact) mass is 198 g/mol. The fourth-order valence-corrected chi connectivity index (χ4v) is 2.12. The van der Waals surface area contributed by atoms with Crippen molar-refractivity contribution in [2.24, 2.45) is 17.6 Å². The van der Waals surface area contributed by atoms with Gasteiger partial charge in [0.05, 0.1) is 6.61 Å². The summed E-state index contributed by atoms with van der Waals surface area (Å²) < 4.78 is 5.43. The molecule has 1 aliphatic carbocycles. The van der Waals surface area contributed by atoms with Crippen LogP contribution in [-0.4, -0.2) is 31.8 Å². The Morgan fingerprint density at radius 2 is 2.21 bits per heavy atom. The van der Waals surface area contributed by atoms with Crippen LogP contribution in [0.1, 0.15) is 26.2 Å². The Bertz CT molecular complexity index is 188. The normalized spacial score (nSPS) is 31.7. The lowest BCUT2D eigenvalue weighted by atomic mass is 9.85. The van der Waals surface area contributed by atoms with E-state index in [2.05, 4.69) is 12.2 Å². The van der Waals surface area contributed by atoms with Crippen LogP contribution in [0.15, 0.2) is 0 Å². The van der Waals surface area contributed by atoms with Gasteiger partial charge in [0.1, 0.15) is 0 Å². The maximum Gasteiger partial charge on any atom is 0.0513 e. The Morgan fingerprint density at radius 1 is 1.43 bits per heavy atom. The van der Waals surface area contributed by atoms with Gasteiger partial charge in [-0.3, -0.25) is 0 Å². The van der Waals surface area contributed by atoms with Crippen molar-refractivity contribution in [1.29, 1.82) is 0 Å². The minimum atomic E-state index is 0.0963. The standard InChI is InChI=1S/C11H22N2O/c1-11(8-12,10-4-5-14-7-10)13-6-9-2-3-9/h9-10,13H,2-8,12H2,1H3. The highest BCUT2D eigenvalue weighted by molar-refractivity contribution is 4.94. The molecule has 2 rings (SSSR count). The molecule has 14 heavy (non-hydrogen) atoms. The highest BCUT2D eigenvalue weighted by Gasteiger charge is 2.36. The summed E-state index contributed by atoms with van der Waals surface area (Å²) in [7, 11) is 0. The highest BCUT2D eigenvalue weighted by atomic mass is 16.5. The Kier molecular flexibility index (Phi) is 3.10. The molecule has 0 bridgehead atoms. The Balaban J connectivity index is 1.85. The van der Waals surface area contributed by atoms with Crippen molar-refractivity contribution in [3.8, 4) is 0 Å². The molecule has 3 heteroatoms. The molecule has 3 nitrogen and oxygen atoms in total. The average molecular weight is 198 g/mol. The largest absolute Gasteiger partial charge is 0.381 e. The first-order valence-corrected chi connectivity index (χ1v) is 5.77. The molecular formula is C11H22N2O. The van der Waals surface area contributed by atoms with Crippen molar-refractivity contribution in [3.05, 3.63) is 0 Å². The van der Waals surface area contributed by atoms with Crippen molar-refractivity contribution in [1.82, 2.24) is 5.32 Å². The molecule has 3 N–H and O–H groups in total. The van der Waals surface area contributed by atoms with Crippen molar-refractivity contribution in [2.45, 2.75) is 31.7 Å². The minimum absolute atomic E-state index is 0.0963. The first-order valence-electron chi connectivity index (χ1n) is 5.77. The van der Waals surface area contributed by atoms with Crippen molar-refractivity contribution in [3.63, 3.8) is 0 Å². The van der Waals surface area contributed by atoms with Gasteiger partial charge >= 0.3 is 0 Å². The van der Waals surface area contributed by atoms with Crippen LogP contribution in [0.25, 0.3) is 0 Å². The van der Waals surface area contributed by atoms with E-state index in [9.17, 15) is 0 Å². The van der Waals surface area contributed by atoms with Gasteiger partial charge in [-0.05, 0) is 38.6 Å². The fraction of sp³-hybridized carbons (Fsp3) is 1.00. The van der Waals surface area contributed by atoms with Crippen molar-refractivity contribution in [2.75, 3.05) is 26.3 Å². The highest BCUT2D eigenvalue weighted by Crippen LogP contribution is 2.30. The van der Waals surface area contributed by atoms with E-state index in [4.69, 9.17) is 10.5 Å². The molecule has 1 aliphatic heterocycles. The smallest absolute Gasteiger partial charge is 0.0513 e. The van der Waals surface area contributed by atoms with Gasteiger partial charge in [-0.25, -0.2) is 0 Å². The molecule has 0 aromatic rings. The van der Waals surface area contributed by atoms with Crippen molar-refractivity contribution < 1.29 is 4.74 Å². The Hall–Kier alpha value is -0.120. The van der Waals surface area contributed by atoms with Crippen LogP contribution >= 0.6 is 0 Å². The third-order valence-electron chi connectivity index (χ3n) is 3.75. The van der Waals surface area contributed by atoms with Crippen LogP contribution in [0.3, 0.4) is 0 Å². The quantitative estimate of drug-likeness (QED) is 0.685. The van der Waals surface area contributed by atoms with E-state index in [0.717, 1.165) is 32.1 Å². The molecule has 1 heterocycles. The molecule has 0 spiro atoms. The van der Waals surface area contributed by atoms with Crippen LogP contribution < -0.4 is 11.1 Å². The summed E-state index contributed by atoms with van der Waals surface area (Å²) in [6, 6.07) is 0. The second kappa shape index (κ2) is 4.17. The van der Waals surface area contributed by atoms with Crippen LogP contribution in [-0.2, 0) is 4.74 Å². The van der Waals surface area contributed by atoms with Gasteiger partial charge in [0.15, 0.2) is 0 Å². The third kappa shape index (κ3) is 2.27. The molecule has 2 unspecified atom stereocenters. The Morgan fingerprint density at radius 3 is 2.71 bits per heavy atom. The topological polar surface area (TPSA) is 47.3 Å². The molecule has 1 saturated carbocycles. The molecule has 2 atom stereocenters. The lowest BCUT2D eigenvalue weighted by Crippen LogP contribution is -2.55. The number of ether oxygens (including phenoxy) is 1. The van der Waals surface area contributed by atoms with Crippen molar-refractivity contribution >= 4 is 0 Å². The third-order valence-corrected chi connectivity index (χ3v) is 3.75. The van der Waals surface area contributed by atoms with E-state index >= 15 is 0 Å². The predicted molar refractivity (Wildman–Crippen MR) is 57.1 cm³/mol. The fourth-order valence-electron chi connectivity index (χ4n) is 2.12. The molecule has 82 valence electrons. The second-order valence-electron chi connectivity index (χ2n) is 5.01. The van der Waals surface area contributed by atoms with Gasteiger partial charge in [-0.1, -0.05) is 0 Å². The molecule has 0 aromatic heterocycles. The number of nitrogens with one attached hydrogen (secondary N) is 1. The number of hydrogen-bond donors (Lipinski definition) is 2. The average Bonchev–Trinajstić information content (AvgIpc) is 2.87. The van der Waals surface area contributed by atoms with E-state index in [0.29, 0.717) is 12.5 Å². The maximum atomic E-state index is 5.88. The molecule has 2 aliphatic rings. The minimum Gasteiger partial charge on any atom is -0.381 e. The summed E-state index contributed by atoms with van der Waals surface area (Å²) >= 11 is 0. The SMILES string of the molecule is CC(CN)(NCC1CC1)C1CCOC1. The van der Waals surface area contributed by atoms with Gasteiger partial charge in [-0.15, -0.1) is 0 Å².